The third kappa shape index (κ3) is 3.19. The maximum Gasteiger partial charge on any atom is 0.329 e. The second kappa shape index (κ2) is 3.93. The van der Waals surface area contributed by atoms with Gasteiger partial charge in [-0.25, -0.2) is 19.1 Å². The van der Waals surface area contributed by atoms with Crippen LogP contribution in [-0.4, -0.2) is 32.0 Å². The van der Waals surface area contributed by atoms with Crippen LogP contribution in [0.3, 0.4) is 0 Å². The van der Waals surface area contributed by atoms with Gasteiger partial charge in [0.15, 0.2) is 0 Å². The van der Waals surface area contributed by atoms with Gasteiger partial charge in [-0.05, 0) is 12.8 Å². The first-order chi connectivity index (χ1) is 6.03. The number of urea groups is 1. The predicted molar refractivity (Wildman–Crippen MR) is 47.5 cm³/mol. The molecule has 1 heterocycles. The number of carbonyl (C=O) groups excluding carboxylic acids is 1. The van der Waals surface area contributed by atoms with Crippen molar-refractivity contribution in [2.75, 3.05) is 11.5 Å². The monoisotopic (exact) mass is 207 g/mol. The van der Waals surface area contributed by atoms with Gasteiger partial charge in [0.05, 0.1) is 11.5 Å². The third-order valence-corrected chi connectivity index (χ3v) is 3.74. The molecule has 0 saturated carbocycles. The van der Waals surface area contributed by atoms with Gasteiger partial charge in [-0.1, -0.05) is 0 Å². The number of sulfone groups is 1. The Morgan fingerprint density at radius 1 is 1.31 bits per heavy atom. The zero-order chi connectivity index (χ0) is 9.90. The Bertz CT molecular complexity index is 273. The Labute approximate surface area is 76.8 Å². The van der Waals surface area contributed by atoms with Crippen LogP contribution in [-0.2, 0) is 9.84 Å². The van der Waals surface area contributed by atoms with Crippen LogP contribution in [0.1, 0.15) is 12.8 Å². The number of hydrazine groups is 1. The van der Waals surface area contributed by atoms with Crippen molar-refractivity contribution in [1.82, 2.24) is 10.7 Å². The molecule has 2 amide bonds. The van der Waals surface area contributed by atoms with Crippen LogP contribution < -0.4 is 16.6 Å². The van der Waals surface area contributed by atoms with Gasteiger partial charge in [0, 0.05) is 6.04 Å². The Kier molecular flexibility index (Phi) is 3.10. The number of amides is 2. The van der Waals surface area contributed by atoms with E-state index in [9.17, 15) is 13.2 Å². The highest BCUT2D eigenvalue weighted by Crippen LogP contribution is 2.11. The van der Waals surface area contributed by atoms with E-state index in [-0.39, 0.29) is 17.5 Å². The average Bonchev–Trinajstić information content (AvgIpc) is 2.08. The highest BCUT2D eigenvalue weighted by molar-refractivity contribution is 7.91. The summed E-state index contributed by atoms with van der Waals surface area (Å²) in [7, 11) is -2.86. The van der Waals surface area contributed by atoms with Crippen molar-refractivity contribution in [2.45, 2.75) is 18.9 Å². The van der Waals surface area contributed by atoms with Crippen molar-refractivity contribution in [3.05, 3.63) is 0 Å². The lowest BCUT2D eigenvalue weighted by Crippen LogP contribution is -2.47. The van der Waals surface area contributed by atoms with Gasteiger partial charge in [0.2, 0.25) is 0 Å². The van der Waals surface area contributed by atoms with Crippen LogP contribution in [0.4, 0.5) is 4.79 Å². The van der Waals surface area contributed by atoms with E-state index in [1.54, 1.807) is 0 Å². The van der Waals surface area contributed by atoms with Gasteiger partial charge in [-0.2, -0.15) is 0 Å². The minimum Gasteiger partial charge on any atom is -0.334 e. The van der Waals surface area contributed by atoms with Crippen molar-refractivity contribution in [3.63, 3.8) is 0 Å². The molecule has 1 aliphatic heterocycles. The van der Waals surface area contributed by atoms with Crippen LogP contribution in [0.15, 0.2) is 0 Å². The summed E-state index contributed by atoms with van der Waals surface area (Å²) in [6, 6.07) is -0.545. The largest absolute Gasteiger partial charge is 0.334 e. The lowest BCUT2D eigenvalue weighted by Gasteiger charge is -2.22. The fourth-order valence-electron chi connectivity index (χ4n) is 1.26. The summed E-state index contributed by atoms with van der Waals surface area (Å²) in [6.07, 6.45) is 0.936. The van der Waals surface area contributed by atoms with Crippen molar-refractivity contribution >= 4 is 15.9 Å². The van der Waals surface area contributed by atoms with Crippen LogP contribution in [0, 0.1) is 0 Å². The smallest absolute Gasteiger partial charge is 0.329 e. The second-order valence-corrected chi connectivity index (χ2v) is 5.35. The van der Waals surface area contributed by atoms with E-state index in [0.717, 1.165) is 0 Å². The van der Waals surface area contributed by atoms with Crippen LogP contribution in [0.2, 0.25) is 0 Å². The molecule has 4 N–H and O–H groups in total. The highest BCUT2D eigenvalue weighted by Gasteiger charge is 2.24. The second-order valence-electron chi connectivity index (χ2n) is 3.04. The standard InChI is InChI=1S/C6H13N3O3S/c7-9-6(10)8-5-1-3-13(11,12)4-2-5/h5H,1-4,7H2,(H2,8,9,10). The molecule has 0 aromatic rings. The quantitative estimate of drug-likeness (QED) is 0.283. The molecule has 0 unspecified atom stereocenters. The zero-order valence-electron chi connectivity index (χ0n) is 7.12. The summed E-state index contributed by atoms with van der Waals surface area (Å²) in [4.78, 5) is 10.7. The maximum absolute atomic E-state index is 11.0. The summed E-state index contributed by atoms with van der Waals surface area (Å²) >= 11 is 0. The molecule has 7 heteroatoms. The number of hydrogen-bond donors (Lipinski definition) is 3. The molecule has 1 aliphatic rings. The van der Waals surface area contributed by atoms with E-state index >= 15 is 0 Å². The van der Waals surface area contributed by atoms with E-state index in [1.165, 1.54) is 0 Å². The normalized spacial score (nSPS) is 22.2. The number of nitrogens with one attached hydrogen (secondary N) is 2. The van der Waals surface area contributed by atoms with E-state index < -0.39 is 15.9 Å². The Balaban J connectivity index is 2.38. The molecule has 0 spiro atoms. The SMILES string of the molecule is NNC(=O)NC1CCS(=O)(=O)CC1. The van der Waals surface area contributed by atoms with Crippen LogP contribution in [0.25, 0.3) is 0 Å². The number of hydrogen-bond acceptors (Lipinski definition) is 4. The average molecular weight is 207 g/mol. The molecule has 0 aromatic heterocycles. The van der Waals surface area contributed by atoms with Crippen molar-refractivity contribution in [1.29, 1.82) is 0 Å². The lowest BCUT2D eigenvalue weighted by molar-refractivity contribution is 0.236. The summed E-state index contributed by atoms with van der Waals surface area (Å²) in [5.74, 6) is 5.14. The minimum atomic E-state index is -2.86. The minimum absolute atomic E-state index is 0.0768. The molecule has 0 aliphatic carbocycles. The van der Waals surface area contributed by atoms with E-state index in [0.29, 0.717) is 12.8 Å². The summed E-state index contributed by atoms with van der Waals surface area (Å²) in [5.41, 5.74) is 1.93. The fourth-order valence-corrected chi connectivity index (χ4v) is 2.75. The Morgan fingerprint density at radius 3 is 2.31 bits per heavy atom. The first-order valence-electron chi connectivity index (χ1n) is 4.01. The molecule has 0 aromatic carbocycles. The first-order valence-corrected chi connectivity index (χ1v) is 5.83. The van der Waals surface area contributed by atoms with Gasteiger partial charge in [-0.3, -0.25) is 5.43 Å². The highest BCUT2D eigenvalue weighted by atomic mass is 32.2. The maximum atomic E-state index is 11.0. The van der Waals surface area contributed by atoms with Gasteiger partial charge in [-0.15, -0.1) is 0 Å². The molecular weight excluding hydrogens is 194 g/mol. The number of carbonyl (C=O) groups is 1. The van der Waals surface area contributed by atoms with Gasteiger partial charge in [0.1, 0.15) is 9.84 Å². The Hall–Kier alpha value is -0.820. The summed E-state index contributed by atoms with van der Waals surface area (Å²) < 4.78 is 22.0. The fraction of sp³-hybridized carbons (Fsp3) is 0.833. The van der Waals surface area contributed by atoms with E-state index in [2.05, 4.69) is 5.32 Å². The van der Waals surface area contributed by atoms with Gasteiger partial charge < -0.3 is 5.32 Å². The Morgan fingerprint density at radius 2 is 1.85 bits per heavy atom. The van der Waals surface area contributed by atoms with Gasteiger partial charge >= 0.3 is 6.03 Å². The number of rotatable bonds is 1. The molecule has 1 rings (SSSR count). The molecule has 0 bridgehead atoms. The molecule has 76 valence electrons. The zero-order valence-corrected chi connectivity index (χ0v) is 7.93. The summed E-state index contributed by atoms with van der Waals surface area (Å²) in [6.45, 7) is 0. The predicted octanol–water partition coefficient (Wildman–Crippen LogP) is -1.26. The van der Waals surface area contributed by atoms with Gasteiger partial charge in [0.25, 0.3) is 0 Å². The topological polar surface area (TPSA) is 101 Å². The molecule has 0 radical (unpaired) electrons. The molecule has 13 heavy (non-hydrogen) atoms. The van der Waals surface area contributed by atoms with E-state index in [1.807, 2.05) is 5.43 Å². The first kappa shape index (κ1) is 10.3. The van der Waals surface area contributed by atoms with E-state index in [4.69, 9.17) is 5.84 Å². The van der Waals surface area contributed by atoms with Crippen molar-refractivity contribution < 1.29 is 13.2 Å². The molecule has 0 atom stereocenters. The molecule has 1 fully saturated rings. The lowest BCUT2D eigenvalue weighted by atomic mass is 10.2. The molecular formula is C6H13N3O3S. The summed E-state index contributed by atoms with van der Waals surface area (Å²) in [5, 5.41) is 2.57. The third-order valence-electron chi connectivity index (χ3n) is 2.02. The van der Waals surface area contributed by atoms with Crippen LogP contribution in [0.5, 0.6) is 0 Å². The number of nitrogens with two attached hydrogens (primary N) is 1. The molecule has 6 nitrogen and oxygen atoms in total. The van der Waals surface area contributed by atoms with Crippen LogP contribution >= 0.6 is 0 Å². The van der Waals surface area contributed by atoms with Crippen molar-refractivity contribution in [2.24, 2.45) is 5.84 Å². The molecule has 1 saturated heterocycles. The van der Waals surface area contributed by atoms with Crippen molar-refractivity contribution in [3.8, 4) is 0 Å².